The smallest absolute Gasteiger partial charge is 0.319 e. The van der Waals surface area contributed by atoms with Crippen LogP contribution in [0.3, 0.4) is 0 Å². The Bertz CT molecular complexity index is 1370. The number of nitrogens with one attached hydrogen (secondary N) is 4. The summed E-state index contributed by atoms with van der Waals surface area (Å²) in [5.41, 5.74) is 3.15. The Hall–Kier alpha value is -3.91. The van der Waals surface area contributed by atoms with Crippen molar-refractivity contribution in [3.05, 3.63) is 89.5 Å². The number of nitriles is 1. The second-order valence-corrected chi connectivity index (χ2v) is 11.2. The Morgan fingerprint density at radius 1 is 0.950 bits per heavy atom. The summed E-state index contributed by atoms with van der Waals surface area (Å²) in [7, 11) is -3.79. The molecule has 0 aliphatic rings. The van der Waals surface area contributed by atoms with Gasteiger partial charge in [-0.2, -0.15) is 5.26 Å². The first-order valence-electron chi connectivity index (χ1n) is 13.5. The van der Waals surface area contributed by atoms with Gasteiger partial charge in [0, 0.05) is 24.5 Å². The van der Waals surface area contributed by atoms with Crippen molar-refractivity contribution >= 4 is 27.4 Å². The van der Waals surface area contributed by atoms with Gasteiger partial charge in [-0.15, -0.1) is 0 Å². The lowest BCUT2D eigenvalue weighted by molar-refractivity contribution is 0.175. The average molecular weight is 564 g/mol. The number of hydrogen-bond donors (Lipinski definition) is 5. The maximum atomic E-state index is 12.8. The predicted octanol–water partition coefficient (Wildman–Crippen LogP) is 4.93. The molecule has 9 nitrogen and oxygen atoms in total. The number of unbranched alkanes of at least 4 members (excludes halogenated alkanes) is 3. The number of nitrogens with zero attached hydrogens (tertiary/aromatic N) is 1. The van der Waals surface area contributed by atoms with Crippen LogP contribution in [-0.4, -0.2) is 39.2 Å². The minimum absolute atomic E-state index is 0.0881. The summed E-state index contributed by atoms with van der Waals surface area (Å²) in [6.07, 6.45) is 4.25. The summed E-state index contributed by atoms with van der Waals surface area (Å²) in [6, 6.07) is 21.8. The van der Waals surface area contributed by atoms with Crippen LogP contribution in [0.5, 0.6) is 0 Å². The standard InChI is InChI=1S/C30H37N5O4S/c1-2-3-4-5-18-33-30(37)34-26-13-15-28(16-14-26)40(38,39)35-27-11-9-23(10-12-27)17-19-32-22-29(36)25-8-6-7-24(20-25)21-31/h6-16,20,29,32,35-36H,2-5,17-19,22H2,1H3,(H2,33,34,37). The van der Waals surface area contributed by atoms with Gasteiger partial charge in [-0.3, -0.25) is 4.72 Å². The molecule has 5 N–H and O–H groups in total. The van der Waals surface area contributed by atoms with E-state index in [-0.39, 0.29) is 10.9 Å². The van der Waals surface area contributed by atoms with E-state index in [9.17, 15) is 18.3 Å². The van der Waals surface area contributed by atoms with Crippen LogP contribution in [0.2, 0.25) is 0 Å². The average Bonchev–Trinajstić information content (AvgIpc) is 2.96. The van der Waals surface area contributed by atoms with E-state index in [2.05, 4.69) is 33.7 Å². The molecule has 0 fully saturated rings. The first kappa shape index (κ1) is 30.6. The van der Waals surface area contributed by atoms with Crippen molar-refractivity contribution in [2.24, 2.45) is 0 Å². The summed E-state index contributed by atoms with van der Waals surface area (Å²) in [4.78, 5) is 12.1. The van der Waals surface area contributed by atoms with E-state index < -0.39 is 16.1 Å². The highest BCUT2D eigenvalue weighted by Crippen LogP contribution is 2.19. The largest absolute Gasteiger partial charge is 0.387 e. The summed E-state index contributed by atoms with van der Waals surface area (Å²) in [5, 5.41) is 28.0. The van der Waals surface area contributed by atoms with Gasteiger partial charge in [0.15, 0.2) is 0 Å². The highest BCUT2D eigenvalue weighted by molar-refractivity contribution is 7.92. The third-order valence-corrected chi connectivity index (χ3v) is 7.67. The molecule has 3 aromatic rings. The number of aliphatic hydroxyl groups excluding tert-OH is 1. The molecule has 0 aliphatic heterocycles. The molecule has 0 bridgehead atoms. The fourth-order valence-corrected chi connectivity index (χ4v) is 5.06. The Labute approximate surface area is 236 Å². The number of amides is 2. The highest BCUT2D eigenvalue weighted by atomic mass is 32.2. The first-order chi connectivity index (χ1) is 19.3. The van der Waals surface area contributed by atoms with Crippen LogP contribution in [0, 0.1) is 11.3 Å². The summed E-state index contributed by atoms with van der Waals surface area (Å²) in [5.74, 6) is 0. The van der Waals surface area contributed by atoms with Crippen LogP contribution < -0.4 is 20.7 Å². The van der Waals surface area contributed by atoms with Gasteiger partial charge in [0.25, 0.3) is 10.0 Å². The molecule has 0 spiro atoms. The lowest BCUT2D eigenvalue weighted by Gasteiger charge is -2.13. The SMILES string of the molecule is CCCCCCNC(=O)Nc1ccc(S(=O)(=O)Nc2ccc(CCNCC(O)c3cccc(C#N)c3)cc2)cc1. The van der Waals surface area contributed by atoms with Crippen LogP contribution in [0.4, 0.5) is 16.2 Å². The van der Waals surface area contributed by atoms with Crippen molar-refractivity contribution in [2.45, 2.75) is 50.0 Å². The molecule has 3 aromatic carbocycles. The second kappa shape index (κ2) is 15.6. The third kappa shape index (κ3) is 10.0. The number of carbonyl (C=O) groups is 1. The van der Waals surface area contributed by atoms with Gasteiger partial charge < -0.3 is 21.1 Å². The molecule has 0 radical (unpaired) electrons. The van der Waals surface area contributed by atoms with Crippen LogP contribution in [-0.2, 0) is 16.4 Å². The minimum Gasteiger partial charge on any atom is -0.387 e. The quantitative estimate of drug-likeness (QED) is 0.166. The third-order valence-electron chi connectivity index (χ3n) is 6.27. The van der Waals surface area contributed by atoms with Gasteiger partial charge in [-0.25, -0.2) is 13.2 Å². The summed E-state index contributed by atoms with van der Waals surface area (Å²) < 4.78 is 28.2. The molecule has 40 heavy (non-hydrogen) atoms. The van der Waals surface area contributed by atoms with Crippen molar-refractivity contribution in [1.29, 1.82) is 5.26 Å². The molecule has 1 unspecified atom stereocenters. The molecule has 2 amide bonds. The van der Waals surface area contributed by atoms with E-state index in [0.29, 0.717) is 48.6 Å². The molecule has 1 atom stereocenters. The molecule has 0 aliphatic carbocycles. The van der Waals surface area contributed by atoms with Crippen molar-refractivity contribution in [3.63, 3.8) is 0 Å². The Morgan fingerprint density at radius 2 is 1.68 bits per heavy atom. The van der Waals surface area contributed by atoms with E-state index in [0.717, 1.165) is 31.2 Å². The van der Waals surface area contributed by atoms with Crippen molar-refractivity contribution in [2.75, 3.05) is 29.7 Å². The Morgan fingerprint density at radius 3 is 2.38 bits per heavy atom. The maximum absolute atomic E-state index is 12.8. The number of sulfonamides is 1. The van der Waals surface area contributed by atoms with Gasteiger partial charge in [-0.05, 0) is 79.0 Å². The molecular formula is C30H37N5O4S. The summed E-state index contributed by atoms with van der Waals surface area (Å²) >= 11 is 0. The molecular weight excluding hydrogens is 526 g/mol. The van der Waals surface area contributed by atoms with E-state index in [1.807, 2.05) is 12.1 Å². The van der Waals surface area contributed by atoms with Gasteiger partial charge in [0.05, 0.1) is 22.6 Å². The second-order valence-electron chi connectivity index (χ2n) is 9.48. The molecule has 3 rings (SSSR count). The molecule has 10 heteroatoms. The topological polar surface area (TPSA) is 143 Å². The molecule has 0 heterocycles. The monoisotopic (exact) mass is 563 g/mol. The van der Waals surface area contributed by atoms with Gasteiger partial charge in [-0.1, -0.05) is 50.5 Å². The summed E-state index contributed by atoms with van der Waals surface area (Å²) in [6.45, 7) is 3.70. The number of hydrogen-bond acceptors (Lipinski definition) is 6. The van der Waals surface area contributed by atoms with Crippen LogP contribution in [0.25, 0.3) is 0 Å². The van der Waals surface area contributed by atoms with Crippen LogP contribution in [0.1, 0.15) is 55.4 Å². The van der Waals surface area contributed by atoms with E-state index in [1.165, 1.54) is 12.1 Å². The zero-order valence-electron chi connectivity index (χ0n) is 22.7. The van der Waals surface area contributed by atoms with E-state index in [4.69, 9.17) is 5.26 Å². The Balaban J connectivity index is 1.43. The number of urea groups is 1. The number of anilines is 2. The van der Waals surface area contributed by atoms with Crippen molar-refractivity contribution in [1.82, 2.24) is 10.6 Å². The van der Waals surface area contributed by atoms with Crippen molar-refractivity contribution < 1.29 is 18.3 Å². The molecule has 0 aromatic heterocycles. The number of aliphatic hydroxyl groups is 1. The number of carbonyl (C=O) groups excluding carboxylic acids is 1. The van der Waals surface area contributed by atoms with Gasteiger partial charge in [0.2, 0.25) is 0 Å². The van der Waals surface area contributed by atoms with Crippen LogP contribution >= 0.6 is 0 Å². The molecule has 212 valence electrons. The van der Waals surface area contributed by atoms with E-state index >= 15 is 0 Å². The lowest BCUT2D eigenvalue weighted by Crippen LogP contribution is -2.29. The van der Waals surface area contributed by atoms with Gasteiger partial charge >= 0.3 is 6.03 Å². The van der Waals surface area contributed by atoms with E-state index in [1.54, 1.807) is 48.5 Å². The fraction of sp³-hybridized carbons (Fsp3) is 0.333. The Kier molecular flexibility index (Phi) is 12.0. The molecule has 0 saturated heterocycles. The number of rotatable bonds is 15. The zero-order chi connectivity index (χ0) is 28.8. The van der Waals surface area contributed by atoms with Gasteiger partial charge in [0.1, 0.15) is 0 Å². The highest BCUT2D eigenvalue weighted by Gasteiger charge is 2.14. The fourth-order valence-electron chi connectivity index (χ4n) is 4.00. The normalized spacial score (nSPS) is 11.8. The lowest BCUT2D eigenvalue weighted by atomic mass is 10.1. The minimum atomic E-state index is -3.79. The predicted molar refractivity (Wildman–Crippen MR) is 158 cm³/mol. The number of benzene rings is 3. The van der Waals surface area contributed by atoms with Crippen LogP contribution in [0.15, 0.2) is 77.7 Å². The zero-order valence-corrected chi connectivity index (χ0v) is 23.5. The first-order valence-corrected chi connectivity index (χ1v) is 14.9. The maximum Gasteiger partial charge on any atom is 0.319 e. The van der Waals surface area contributed by atoms with Crippen molar-refractivity contribution in [3.8, 4) is 6.07 Å². The molecule has 0 saturated carbocycles.